The summed E-state index contributed by atoms with van der Waals surface area (Å²) in [6.07, 6.45) is 0.227. The molecule has 0 aliphatic rings. The topological polar surface area (TPSA) is 27.7 Å². The Kier molecular flexibility index (Phi) is 5.45. The molecule has 1 rings (SSSR count). The van der Waals surface area contributed by atoms with E-state index in [9.17, 15) is 0 Å². The van der Waals surface area contributed by atoms with Gasteiger partial charge in [-0.05, 0) is 32.9 Å². The normalized spacial score (nSPS) is 11.9. The van der Waals surface area contributed by atoms with Gasteiger partial charge in [0.05, 0.1) is 0 Å². The van der Waals surface area contributed by atoms with Crippen LogP contribution in [-0.2, 0) is 15.9 Å². The van der Waals surface area contributed by atoms with Crippen molar-refractivity contribution in [3.05, 3.63) is 28.8 Å². The standard InChI is InChI=1S/C14H21ClO3/c1-14(2,3)18-12-8-6-7-11(15)10(12)9-13(16-4)17-5/h6-8,13H,9H2,1-5H3. The lowest BCUT2D eigenvalue weighted by Crippen LogP contribution is -2.24. The molecule has 0 radical (unpaired) electrons. The highest BCUT2D eigenvalue weighted by atomic mass is 35.5. The second kappa shape index (κ2) is 6.41. The molecule has 0 saturated heterocycles. The van der Waals surface area contributed by atoms with Crippen LogP contribution in [0.5, 0.6) is 5.75 Å². The number of benzene rings is 1. The largest absolute Gasteiger partial charge is 0.488 e. The highest BCUT2D eigenvalue weighted by molar-refractivity contribution is 6.31. The average Bonchev–Trinajstić information content (AvgIpc) is 2.27. The summed E-state index contributed by atoms with van der Waals surface area (Å²) in [5, 5.41) is 0.663. The summed E-state index contributed by atoms with van der Waals surface area (Å²) in [5.41, 5.74) is 0.637. The van der Waals surface area contributed by atoms with Gasteiger partial charge in [-0.1, -0.05) is 17.7 Å². The molecular weight excluding hydrogens is 252 g/mol. The number of rotatable bonds is 5. The first kappa shape index (κ1) is 15.3. The fourth-order valence-corrected chi connectivity index (χ4v) is 1.84. The Bertz CT molecular complexity index is 381. The zero-order valence-electron chi connectivity index (χ0n) is 11.6. The van der Waals surface area contributed by atoms with Gasteiger partial charge in [-0.15, -0.1) is 0 Å². The van der Waals surface area contributed by atoms with E-state index in [1.807, 2.05) is 39.0 Å². The lowest BCUT2D eigenvalue weighted by molar-refractivity contribution is -0.101. The predicted octanol–water partition coefficient (Wildman–Crippen LogP) is 3.68. The summed E-state index contributed by atoms with van der Waals surface area (Å²) < 4.78 is 16.3. The maximum absolute atomic E-state index is 6.23. The zero-order valence-corrected chi connectivity index (χ0v) is 12.4. The number of hydrogen-bond acceptors (Lipinski definition) is 3. The van der Waals surface area contributed by atoms with E-state index in [-0.39, 0.29) is 11.9 Å². The molecule has 0 amide bonds. The van der Waals surface area contributed by atoms with E-state index in [2.05, 4.69) is 0 Å². The molecular formula is C14H21ClO3. The minimum atomic E-state index is -0.327. The van der Waals surface area contributed by atoms with E-state index in [0.29, 0.717) is 11.4 Å². The van der Waals surface area contributed by atoms with E-state index in [0.717, 1.165) is 11.3 Å². The Hall–Kier alpha value is -0.770. The fraction of sp³-hybridized carbons (Fsp3) is 0.571. The van der Waals surface area contributed by atoms with Crippen molar-refractivity contribution < 1.29 is 14.2 Å². The van der Waals surface area contributed by atoms with Crippen molar-refractivity contribution >= 4 is 11.6 Å². The third kappa shape index (κ3) is 4.48. The lowest BCUT2D eigenvalue weighted by Gasteiger charge is -2.24. The van der Waals surface area contributed by atoms with Crippen molar-refractivity contribution in [2.45, 2.75) is 39.1 Å². The first-order valence-electron chi connectivity index (χ1n) is 5.89. The average molecular weight is 273 g/mol. The molecule has 1 aromatic rings. The van der Waals surface area contributed by atoms with Crippen molar-refractivity contribution in [1.82, 2.24) is 0 Å². The Labute approximate surface area is 114 Å². The highest BCUT2D eigenvalue weighted by Gasteiger charge is 2.19. The first-order valence-corrected chi connectivity index (χ1v) is 6.27. The van der Waals surface area contributed by atoms with Gasteiger partial charge in [-0.2, -0.15) is 0 Å². The summed E-state index contributed by atoms with van der Waals surface area (Å²) in [7, 11) is 3.21. The molecule has 0 unspecified atom stereocenters. The van der Waals surface area contributed by atoms with E-state index in [1.54, 1.807) is 14.2 Å². The fourth-order valence-electron chi connectivity index (χ4n) is 1.59. The number of hydrogen-bond donors (Lipinski definition) is 0. The van der Waals surface area contributed by atoms with Crippen molar-refractivity contribution in [2.75, 3.05) is 14.2 Å². The number of ether oxygens (including phenoxy) is 3. The van der Waals surface area contributed by atoms with Gasteiger partial charge in [-0.25, -0.2) is 0 Å². The summed E-state index contributed by atoms with van der Waals surface area (Å²) in [6, 6.07) is 5.63. The Morgan fingerprint density at radius 3 is 2.28 bits per heavy atom. The molecule has 0 heterocycles. The Morgan fingerprint density at radius 2 is 1.78 bits per heavy atom. The molecule has 0 fully saturated rings. The molecule has 0 saturated carbocycles. The molecule has 1 aromatic carbocycles. The van der Waals surface area contributed by atoms with Gasteiger partial charge < -0.3 is 14.2 Å². The zero-order chi connectivity index (χ0) is 13.8. The van der Waals surface area contributed by atoms with Crippen molar-refractivity contribution in [3.63, 3.8) is 0 Å². The predicted molar refractivity (Wildman–Crippen MR) is 73.3 cm³/mol. The van der Waals surface area contributed by atoms with Gasteiger partial charge in [0.25, 0.3) is 0 Å². The van der Waals surface area contributed by atoms with E-state index in [4.69, 9.17) is 25.8 Å². The van der Waals surface area contributed by atoms with Gasteiger partial charge in [0.1, 0.15) is 11.4 Å². The minimum Gasteiger partial charge on any atom is -0.488 e. The third-order valence-electron chi connectivity index (χ3n) is 2.39. The maximum atomic E-state index is 6.23. The van der Waals surface area contributed by atoms with Crippen LogP contribution in [0.2, 0.25) is 5.02 Å². The third-order valence-corrected chi connectivity index (χ3v) is 2.74. The van der Waals surface area contributed by atoms with E-state index in [1.165, 1.54) is 0 Å². The Morgan fingerprint density at radius 1 is 1.17 bits per heavy atom. The van der Waals surface area contributed by atoms with Crippen LogP contribution >= 0.6 is 11.6 Å². The van der Waals surface area contributed by atoms with Crippen LogP contribution in [0, 0.1) is 0 Å². The van der Waals surface area contributed by atoms with Crippen molar-refractivity contribution in [3.8, 4) is 5.75 Å². The number of halogens is 1. The Balaban J connectivity index is 3.00. The molecule has 0 atom stereocenters. The summed E-state index contributed by atoms with van der Waals surface area (Å²) in [6.45, 7) is 6.01. The van der Waals surface area contributed by atoms with Crippen molar-refractivity contribution in [2.24, 2.45) is 0 Å². The second-order valence-corrected chi connectivity index (χ2v) is 5.44. The molecule has 0 aromatic heterocycles. The molecule has 0 spiro atoms. The molecule has 0 aliphatic heterocycles. The number of methoxy groups -OCH3 is 2. The highest BCUT2D eigenvalue weighted by Crippen LogP contribution is 2.30. The SMILES string of the molecule is COC(Cc1c(Cl)cccc1OC(C)(C)C)OC. The van der Waals surface area contributed by atoms with Crippen LogP contribution in [0.3, 0.4) is 0 Å². The van der Waals surface area contributed by atoms with Crippen molar-refractivity contribution in [1.29, 1.82) is 0 Å². The van der Waals surface area contributed by atoms with Crippen LogP contribution in [-0.4, -0.2) is 26.1 Å². The lowest BCUT2D eigenvalue weighted by atomic mass is 10.1. The monoisotopic (exact) mass is 272 g/mol. The second-order valence-electron chi connectivity index (χ2n) is 5.04. The van der Waals surface area contributed by atoms with Crippen LogP contribution in [0.1, 0.15) is 26.3 Å². The van der Waals surface area contributed by atoms with Crippen LogP contribution in [0.4, 0.5) is 0 Å². The molecule has 0 bridgehead atoms. The van der Waals surface area contributed by atoms with Gasteiger partial charge in [0, 0.05) is 31.2 Å². The quantitative estimate of drug-likeness (QED) is 0.766. The smallest absolute Gasteiger partial charge is 0.161 e. The molecule has 4 heteroatoms. The minimum absolute atomic E-state index is 0.269. The summed E-state index contributed by atoms with van der Waals surface area (Å²) in [5.74, 6) is 0.772. The van der Waals surface area contributed by atoms with Gasteiger partial charge >= 0.3 is 0 Å². The first-order chi connectivity index (χ1) is 8.37. The summed E-state index contributed by atoms with van der Waals surface area (Å²) in [4.78, 5) is 0. The van der Waals surface area contributed by atoms with Crippen LogP contribution in [0.25, 0.3) is 0 Å². The maximum Gasteiger partial charge on any atom is 0.161 e. The van der Waals surface area contributed by atoms with Gasteiger partial charge in [0.2, 0.25) is 0 Å². The molecule has 0 aliphatic carbocycles. The van der Waals surface area contributed by atoms with E-state index >= 15 is 0 Å². The molecule has 18 heavy (non-hydrogen) atoms. The molecule has 3 nitrogen and oxygen atoms in total. The molecule has 0 N–H and O–H groups in total. The van der Waals surface area contributed by atoms with E-state index < -0.39 is 0 Å². The van der Waals surface area contributed by atoms with Gasteiger partial charge in [-0.3, -0.25) is 0 Å². The van der Waals surface area contributed by atoms with Crippen LogP contribution < -0.4 is 4.74 Å². The van der Waals surface area contributed by atoms with Crippen LogP contribution in [0.15, 0.2) is 18.2 Å². The summed E-state index contributed by atoms with van der Waals surface area (Å²) >= 11 is 6.23. The van der Waals surface area contributed by atoms with Gasteiger partial charge in [0.15, 0.2) is 6.29 Å². The molecule has 102 valence electrons.